The highest BCUT2D eigenvalue weighted by atomic mass is 32.2. The van der Waals surface area contributed by atoms with Gasteiger partial charge in [-0.05, 0) is 26.0 Å². The lowest BCUT2D eigenvalue weighted by Crippen LogP contribution is -2.48. The molecule has 7 heteroatoms. The second kappa shape index (κ2) is 4.99. The second-order valence-corrected chi connectivity index (χ2v) is 6.62. The molecule has 0 amide bonds. The zero-order valence-corrected chi connectivity index (χ0v) is 11.8. The normalized spacial score (nSPS) is 15.3. The molecule has 2 rings (SSSR count). The maximum atomic E-state index is 12.4. The Balaban J connectivity index is 2.41. The third-order valence-electron chi connectivity index (χ3n) is 2.74. The van der Waals surface area contributed by atoms with Crippen LogP contribution in [0.5, 0.6) is 11.5 Å². The summed E-state index contributed by atoms with van der Waals surface area (Å²) in [5, 5.41) is 0. The molecule has 0 saturated carbocycles. The molecule has 1 aromatic carbocycles. The van der Waals surface area contributed by atoms with E-state index in [1.807, 2.05) is 0 Å². The number of para-hydroxylation sites is 1. The Hall–Kier alpha value is -1.31. The Morgan fingerprint density at radius 2 is 2.00 bits per heavy atom. The summed E-state index contributed by atoms with van der Waals surface area (Å²) in [7, 11) is -3.71. The number of nitrogens with one attached hydrogen (secondary N) is 1. The maximum Gasteiger partial charge on any atom is 0.244 e. The molecule has 1 aromatic rings. The molecule has 19 heavy (non-hydrogen) atoms. The zero-order chi connectivity index (χ0) is 14.1. The van der Waals surface area contributed by atoms with Crippen LogP contribution in [0, 0.1) is 0 Å². The SMILES string of the molecule is CC(C)(CN)NS(=O)(=O)c1cccc2c1OCCO2. The fraction of sp³-hybridized carbons (Fsp3) is 0.500. The Labute approximate surface area is 112 Å². The van der Waals surface area contributed by atoms with Crippen molar-refractivity contribution in [1.82, 2.24) is 4.72 Å². The van der Waals surface area contributed by atoms with Crippen LogP contribution < -0.4 is 19.9 Å². The fourth-order valence-corrected chi connectivity index (χ4v) is 3.30. The maximum absolute atomic E-state index is 12.4. The van der Waals surface area contributed by atoms with Crippen molar-refractivity contribution in [1.29, 1.82) is 0 Å². The van der Waals surface area contributed by atoms with Gasteiger partial charge in [-0.25, -0.2) is 13.1 Å². The molecule has 1 heterocycles. The minimum Gasteiger partial charge on any atom is -0.486 e. The Morgan fingerprint density at radius 1 is 1.32 bits per heavy atom. The zero-order valence-electron chi connectivity index (χ0n) is 11.0. The van der Waals surface area contributed by atoms with E-state index in [0.717, 1.165) is 0 Å². The highest BCUT2D eigenvalue weighted by Crippen LogP contribution is 2.36. The predicted octanol–water partition coefficient (Wildman–Crippen LogP) is 0.473. The molecule has 1 aliphatic rings. The van der Waals surface area contributed by atoms with E-state index in [2.05, 4.69) is 4.72 Å². The number of hydrogen-bond acceptors (Lipinski definition) is 5. The van der Waals surface area contributed by atoms with Crippen LogP contribution in [-0.2, 0) is 10.0 Å². The van der Waals surface area contributed by atoms with Crippen LogP contribution >= 0.6 is 0 Å². The monoisotopic (exact) mass is 286 g/mol. The van der Waals surface area contributed by atoms with Crippen molar-refractivity contribution < 1.29 is 17.9 Å². The molecule has 0 saturated heterocycles. The summed E-state index contributed by atoms with van der Waals surface area (Å²) < 4.78 is 38.1. The molecule has 3 N–H and O–H groups in total. The molecule has 0 fully saturated rings. The fourth-order valence-electron chi connectivity index (χ4n) is 1.72. The first kappa shape index (κ1) is 14.1. The Kier molecular flexibility index (Phi) is 3.71. The molecular formula is C12H18N2O4S. The number of hydrogen-bond donors (Lipinski definition) is 2. The highest BCUT2D eigenvalue weighted by molar-refractivity contribution is 7.89. The summed E-state index contributed by atoms with van der Waals surface area (Å²) in [4.78, 5) is 0.0752. The van der Waals surface area contributed by atoms with E-state index in [4.69, 9.17) is 15.2 Å². The molecule has 0 bridgehead atoms. The molecular weight excluding hydrogens is 268 g/mol. The van der Waals surface area contributed by atoms with E-state index in [1.54, 1.807) is 26.0 Å². The summed E-state index contributed by atoms with van der Waals surface area (Å²) in [5.41, 5.74) is 4.82. The summed E-state index contributed by atoms with van der Waals surface area (Å²) in [6.07, 6.45) is 0. The molecule has 0 atom stereocenters. The molecule has 0 radical (unpaired) electrons. The van der Waals surface area contributed by atoms with Gasteiger partial charge >= 0.3 is 0 Å². The van der Waals surface area contributed by atoms with Gasteiger partial charge in [0.15, 0.2) is 11.5 Å². The smallest absolute Gasteiger partial charge is 0.244 e. The lowest BCUT2D eigenvalue weighted by atomic mass is 10.1. The van der Waals surface area contributed by atoms with Gasteiger partial charge in [0.1, 0.15) is 18.1 Å². The predicted molar refractivity (Wildman–Crippen MR) is 70.9 cm³/mol. The number of ether oxygens (including phenoxy) is 2. The van der Waals surface area contributed by atoms with Gasteiger partial charge in [0.2, 0.25) is 10.0 Å². The number of nitrogens with two attached hydrogens (primary N) is 1. The number of rotatable bonds is 4. The summed E-state index contributed by atoms with van der Waals surface area (Å²) in [6, 6.07) is 4.79. The van der Waals surface area contributed by atoms with Gasteiger partial charge < -0.3 is 15.2 Å². The summed E-state index contributed by atoms with van der Waals surface area (Å²) >= 11 is 0. The van der Waals surface area contributed by atoms with Crippen LogP contribution in [0.2, 0.25) is 0 Å². The summed E-state index contributed by atoms with van der Waals surface area (Å²) in [5.74, 6) is 0.703. The minimum atomic E-state index is -3.71. The van der Waals surface area contributed by atoms with Crippen LogP contribution in [0.15, 0.2) is 23.1 Å². The quantitative estimate of drug-likeness (QED) is 0.840. The third kappa shape index (κ3) is 2.99. The van der Waals surface area contributed by atoms with Gasteiger partial charge in [-0.1, -0.05) is 6.07 Å². The molecule has 106 valence electrons. The van der Waals surface area contributed by atoms with E-state index in [0.29, 0.717) is 19.0 Å². The number of fused-ring (bicyclic) bond motifs is 1. The van der Waals surface area contributed by atoms with E-state index in [-0.39, 0.29) is 17.2 Å². The molecule has 0 aromatic heterocycles. The first-order valence-electron chi connectivity index (χ1n) is 5.98. The van der Waals surface area contributed by atoms with Gasteiger partial charge in [0, 0.05) is 12.1 Å². The van der Waals surface area contributed by atoms with Gasteiger partial charge in [0.05, 0.1) is 0 Å². The third-order valence-corrected chi connectivity index (χ3v) is 4.46. The average Bonchev–Trinajstić information content (AvgIpc) is 2.37. The lowest BCUT2D eigenvalue weighted by molar-refractivity contribution is 0.167. The van der Waals surface area contributed by atoms with Crippen molar-refractivity contribution in [2.45, 2.75) is 24.3 Å². The molecule has 0 aliphatic carbocycles. The van der Waals surface area contributed by atoms with Gasteiger partial charge in [-0.3, -0.25) is 0 Å². The standard InChI is InChI=1S/C12H18N2O4S/c1-12(2,8-13)14-19(15,16)10-5-3-4-9-11(10)18-7-6-17-9/h3-5,14H,6-8,13H2,1-2H3. The Morgan fingerprint density at radius 3 is 2.68 bits per heavy atom. The van der Waals surface area contributed by atoms with E-state index in [9.17, 15) is 8.42 Å². The van der Waals surface area contributed by atoms with E-state index >= 15 is 0 Å². The largest absolute Gasteiger partial charge is 0.486 e. The van der Waals surface area contributed by atoms with E-state index < -0.39 is 15.6 Å². The van der Waals surface area contributed by atoms with Gasteiger partial charge in [0.25, 0.3) is 0 Å². The number of benzene rings is 1. The van der Waals surface area contributed by atoms with E-state index in [1.165, 1.54) is 6.07 Å². The minimum absolute atomic E-state index is 0.0752. The van der Waals surface area contributed by atoms with Gasteiger partial charge in [-0.15, -0.1) is 0 Å². The van der Waals surface area contributed by atoms with Gasteiger partial charge in [-0.2, -0.15) is 0 Å². The Bertz CT molecular complexity index is 569. The lowest BCUT2D eigenvalue weighted by Gasteiger charge is -2.26. The molecule has 0 spiro atoms. The first-order chi connectivity index (χ1) is 8.86. The van der Waals surface area contributed by atoms with Crippen LogP contribution in [-0.4, -0.2) is 33.7 Å². The van der Waals surface area contributed by atoms with Crippen molar-refractivity contribution >= 4 is 10.0 Å². The van der Waals surface area contributed by atoms with Crippen molar-refractivity contribution in [3.05, 3.63) is 18.2 Å². The molecule has 6 nitrogen and oxygen atoms in total. The van der Waals surface area contributed by atoms with Crippen LogP contribution in [0.4, 0.5) is 0 Å². The second-order valence-electron chi connectivity index (χ2n) is 4.97. The van der Waals surface area contributed by atoms with Crippen LogP contribution in [0.3, 0.4) is 0 Å². The molecule has 0 unspecified atom stereocenters. The molecule has 1 aliphatic heterocycles. The number of sulfonamides is 1. The van der Waals surface area contributed by atoms with Crippen molar-refractivity contribution in [3.63, 3.8) is 0 Å². The first-order valence-corrected chi connectivity index (χ1v) is 7.47. The summed E-state index contributed by atoms with van der Waals surface area (Å²) in [6.45, 7) is 4.38. The van der Waals surface area contributed by atoms with Crippen LogP contribution in [0.25, 0.3) is 0 Å². The van der Waals surface area contributed by atoms with Crippen LogP contribution in [0.1, 0.15) is 13.8 Å². The van der Waals surface area contributed by atoms with Crippen molar-refractivity contribution in [2.75, 3.05) is 19.8 Å². The van der Waals surface area contributed by atoms with Crippen molar-refractivity contribution in [3.8, 4) is 11.5 Å². The topological polar surface area (TPSA) is 90.7 Å². The van der Waals surface area contributed by atoms with Crippen molar-refractivity contribution in [2.24, 2.45) is 5.73 Å². The highest BCUT2D eigenvalue weighted by Gasteiger charge is 2.29. The average molecular weight is 286 g/mol.